The molecule has 2 atom stereocenters. The second kappa shape index (κ2) is 8.89. The van der Waals surface area contributed by atoms with E-state index in [1.165, 1.54) is 5.56 Å². The average Bonchev–Trinajstić information content (AvgIpc) is 2.56. The molecule has 2 N–H and O–H groups in total. The van der Waals surface area contributed by atoms with E-state index in [1.807, 2.05) is 36.4 Å². The van der Waals surface area contributed by atoms with Crippen LogP contribution in [0.4, 0.5) is 0 Å². The number of nitrogens with one attached hydrogen (secondary N) is 1. The van der Waals surface area contributed by atoms with E-state index >= 15 is 0 Å². The molecule has 3 nitrogen and oxygen atoms in total. The highest BCUT2D eigenvalue weighted by Crippen LogP contribution is 2.14. The summed E-state index contributed by atoms with van der Waals surface area (Å²) in [6.45, 7) is 1.19. The molecular weight excluding hydrogens is 387 g/mol. The van der Waals surface area contributed by atoms with Crippen molar-refractivity contribution in [1.82, 2.24) is 5.32 Å². The molecule has 2 rings (SSSR count). The minimum absolute atomic E-state index is 0.165. The first-order valence-electron chi connectivity index (χ1n) is 7.25. The quantitative estimate of drug-likeness (QED) is 0.549. The Morgan fingerprint density at radius 2 is 1.82 bits per heavy atom. The zero-order chi connectivity index (χ0) is 15.8. The summed E-state index contributed by atoms with van der Waals surface area (Å²) in [6.07, 6.45) is 0.453. The molecule has 22 heavy (non-hydrogen) atoms. The number of aliphatic hydroxyl groups excluding tert-OH is 1. The van der Waals surface area contributed by atoms with Crippen LogP contribution < -0.4 is 5.32 Å². The molecule has 2 aromatic rings. The van der Waals surface area contributed by atoms with Crippen molar-refractivity contribution in [2.24, 2.45) is 0 Å². The Labute approximate surface area is 145 Å². The van der Waals surface area contributed by atoms with Gasteiger partial charge < -0.3 is 10.4 Å². The monoisotopic (exact) mass is 406 g/mol. The lowest BCUT2D eigenvalue weighted by molar-refractivity contribution is 0.172. The zero-order valence-corrected chi connectivity index (χ0v) is 14.4. The van der Waals surface area contributed by atoms with Gasteiger partial charge in [0, 0.05) is 17.0 Å². The van der Waals surface area contributed by atoms with Gasteiger partial charge in [0.1, 0.15) is 0 Å². The number of nitrogens with zero attached hydrogens (tertiary/aromatic N) is 1. The maximum absolute atomic E-state index is 10.2. The standard InChI is InChI=1S/C18H19IN2O/c19-17(10-14-5-2-1-3-6-14)18(22)13-21-12-16-8-4-7-15(9-16)11-20/h1-9,17-18,21-22H,10,12-13H2/t17-,18+/m0/s1. The number of hydrogen-bond acceptors (Lipinski definition) is 3. The van der Waals surface area contributed by atoms with Crippen molar-refractivity contribution in [3.63, 3.8) is 0 Å². The van der Waals surface area contributed by atoms with Crippen molar-refractivity contribution in [1.29, 1.82) is 5.26 Å². The lowest BCUT2D eigenvalue weighted by Gasteiger charge is -2.18. The first-order valence-corrected chi connectivity index (χ1v) is 8.49. The first-order chi connectivity index (χ1) is 10.7. The van der Waals surface area contributed by atoms with E-state index in [0.717, 1.165) is 12.0 Å². The van der Waals surface area contributed by atoms with Crippen LogP contribution in [0, 0.1) is 11.3 Å². The van der Waals surface area contributed by atoms with E-state index in [9.17, 15) is 5.11 Å². The normalized spacial score (nSPS) is 13.3. The van der Waals surface area contributed by atoms with Crippen LogP contribution >= 0.6 is 22.6 Å². The molecule has 114 valence electrons. The minimum Gasteiger partial charge on any atom is -0.391 e. The van der Waals surface area contributed by atoms with E-state index in [4.69, 9.17) is 5.26 Å². The summed E-state index contributed by atoms with van der Waals surface area (Å²) in [5.41, 5.74) is 2.96. The van der Waals surface area contributed by atoms with E-state index < -0.39 is 6.10 Å². The van der Waals surface area contributed by atoms with Crippen LogP contribution in [0.3, 0.4) is 0 Å². The Hall–Kier alpha value is -1.42. The van der Waals surface area contributed by atoms with Gasteiger partial charge in [-0.15, -0.1) is 0 Å². The fourth-order valence-electron chi connectivity index (χ4n) is 2.22. The molecule has 0 heterocycles. The predicted octanol–water partition coefficient (Wildman–Crippen LogP) is 3.06. The molecular formula is C18H19IN2O. The van der Waals surface area contributed by atoms with Crippen LogP contribution in [-0.4, -0.2) is 21.7 Å². The summed E-state index contributed by atoms with van der Waals surface area (Å²) in [6, 6.07) is 19.8. The fourth-order valence-corrected chi connectivity index (χ4v) is 2.98. The zero-order valence-electron chi connectivity index (χ0n) is 12.2. The van der Waals surface area contributed by atoms with Crippen molar-refractivity contribution in [3.8, 4) is 6.07 Å². The van der Waals surface area contributed by atoms with Crippen LogP contribution in [0.5, 0.6) is 0 Å². The molecule has 0 amide bonds. The van der Waals surface area contributed by atoms with Gasteiger partial charge in [0.05, 0.1) is 17.7 Å². The van der Waals surface area contributed by atoms with Gasteiger partial charge in [-0.1, -0.05) is 65.1 Å². The molecule has 0 saturated carbocycles. The van der Waals surface area contributed by atoms with Crippen LogP contribution in [0.1, 0.15) is 16.7 Å². The minimum atomic E-state index is -0.403. The largest absolute Gasteiger partial charge is 0.391 e. The molecule has 0 radical (unpaired) electrons. The van der Waals surface area contributed by atoms with E-state index in [-0.39, 0.29) is 3.92 Å². The summed E-state index contributed by atoms with van der Waals surface area (Å²) in [5.74, 6) is 0. The maximum Gasteiger partial charge on any atom is 0.0991 e. The van der Waals surface area contributed by atoms with Crippen LogP contribution in [0.25, 0.3) is 0 Å². The second-order valence-electron chi connectivity index (χ2n) is 5.22. The molecule has 0 saturated heterocycles. The summed E-state index contributed by atoms with van der Waals surface area (Å²) < 4.78 is 0.165. The Morgan fingerprint density at radius 1 is 1.09 bits per heavy atom. The summed E-state index contributed by atoms with van der Waals surface area (Å²) in [7, 11) is 0. The highest BCUT2D eigenvalue weighted by atomic mass is 127. The number of nitriles is 1. The lowest BCUT2D eigenvalue weighted by atomic mass is 10.1. The highest BCUT2D eigenvalue weighted by molar-refractivity contribution is 14.1. The van der Waals surface area contributed by atoms with Crippen LogP contribution in [0.2, 0.25) is 0 Å². The lowest BCUT2D eigenvalue weighted by Crippen LogP contribution is -2.34. The van der Waals surface area contributed by atoms with Gasteiger partial charge in [-0.25, -0.2) is 0 Å². The third-order valence-corrected chi connectivity index (χ3v) is 4.70. The average molecular weight is 406 g/mol. The number of alkyl halides is 1. The van der Waals surface area contributed by atoms with Gasteiger partial charge in [0.15, 0.2) is 0 Å². The molecule has 4 heteroatoms. The van der Waals surface area contributed by atoms with E-state index in [2.05, 4.69) is 46.1 Å². The van der Waals surface area contributed by atoms with Crippen LogP contribution in [-0.2, 0) is 13.0 Å². The summed E-state index contributed by atoms with van der Waals surface area (Å²) in [4.78, 5) is 0. The number of halogens is 1. The van der Waals surface area contributed by atoms with Crippen molar-refractivity contribution in [3.05, 3.63) is 71.3 Å². The first kappa shape index (κ1) is 16.9. The van der Waals surface area contributed by atoms with Gasteiger partial charge in [0.25, 0.3) is 0 Å². The maximum atomic E-state index is 10.2. The molecule has 0 aromatic heterocycles. The topological polar surface area (TPSA) is 56.0 Å². The number of aliphatic hydroxyl groups is 1. The molecule has 0 aliphatic carbocycles. The Balaban J connectivity index is 1.77. The van der Waals surface area contributed by atoms with Crippen molar-refractivity contribution >= 4 is 22.6 Å². The fraction of sp³-hybridized carbons (Fsp3) is 0.278. The Kier molecular flexibility index (Phi) is 6.84. The Morgan fingerprint density at radius 3 is 2.55 bits per heavy atom. The third-order valence-electron chi connectivity index (χ3n) is 3.43. The van der Waals surface area contributed by atoms with Crippen molar-refractivity contribution in [2.45, 2.75) is 23.0 Å². The van der Waals surface area contributed by atoms with Gasteiger partial charge >= 0.3 is 0 Å². The second-order valence-corrected chi connectivity index (χ2v) is 6.82. The molecule has 0 unspecified atom stereocenters. The molecule has 0 bridgehead atoms. The molecule has 2 aromatic carbocycles. The van der Waals surface area contributed by atoms with Gasteiger partial charge in [-0.3, -0.25) is 0 Å². The molecule has 0 spiro atoms. The van der Waals surface area contributed by atoms with Crippen molar-refractivity contribution < 1.29 is 5.11 Å². The predicted molar refractivity (Wildman–Crippen MR) is 96.8 cm³/mol. The summed E-state index contributed by atoms with van der Waals surface area (Å²) >= 11 is 2.30. The van der Waals surface area contributed by atoms with E-state index in [1.54, 1.807) is 6.07 Å². The highest BCUT2D eigenvalue weighted by Gasteiger charge is 2.15. The van der Waals surface area contributed by atoms with Gasteiger partial charge in [-0.2, -0.15) is 5.26 Å². The van der Waals surface area contributed by atoms with Gasteiger partial charge in [0.2, 0.25) is 0 Å². The number of rotatable bonds is 7. The van der Waals surface area contributed by atoms with Crippen molar-refractivity contribution in [2.75, 3.05) is 6.54 Å². The smallest absolute Gasteiger partial charge is 0.0991 e. The van der Waals surface area contributed by atoms with E-state index in [0.29, 0.717) is 18.7 Å². The van der Waals surface area contributed by atoms with Crippen LogP contribution in [0.15, 0.2) is 54.6 Å². The number of benzene rings is 2. The number of hydrogen-bond donors (Lipinski definition) is 2. The SMILES string of the molecule is N#Cc1cccc(CNC[C@@H](O)[C@@H](I)Cc2ccccc2)c1. The third kappa shape index (κ3) is 5.41. The molecule has 0 aliphatic rings. The summed E-state index contributed by atoms with van der Waals surface area (Å²) in [5, 5.41) is 22.4. The molecule has 0 aliphatic heterocycles. The molecule has 0 fully saturated rings. The van der Waals surface area contributed by atoms with Gasteiger partial charge in [-0.05, 0) is 29.7 Å². The Bertz CT molecular complexity index is 624.